The first-order chi connectivity index (χ1) is 21.4. The number of benzene rings is 3. The molecule has 1 atom stereocenters. The van der Waals surface area contributed by atoms with Crippen molar-refractivity contribution in [1.29, 1.82) is 0 Å². The zero-order valence-corrected chi connectivity index (χ0v) is 26.8. The van der Waals surface area contributed by atoms with Gasteiger partial charge in [-0.1, -0.05) is 48.5 Å². The second-order valence-corrected chi connectivity index (χ2v) is 14.3. The van der Waals surface area contributed by atoms with Crippen LogP contribution in [0.5, 0.6) is 5.75 Å². The molecule has 1 saturated heterocycles. The molecule has 11 heteroatoms. The molecule has 0 aromatic heterocycles. The Bertz CT molecular complexity index is 1610. The highest BCUT2D eigenvalue weighted by atomic mass is 32.2. The van der Waals surface area contributed by atoms with Crippen molar-refractivity contribution in [1.82, 2.24) is 9.21 Å². The van der Waals surface area contributed by atoms with Crippen molar-refractivity contribution in [3.63, 3.8) is 0 Å². The molecule has 2 heterocycles. The molecule has 0 spiro atoms. The minimum absolute atomic E-state index is 0.148. The highest BCUT2D eigenvalue weighted by Gasteiger charge is 2.31. The SMILES string of the molecule is CC(C)(C)OC(=O)N1CCN(c2ccccc2CN(CCc2ccccc2)S(=O)(=O)c2ccc3c(c2)CCC(C(=O)O)O3)CC1. The number of hydrogen-bond donors (Lipinski definition) is 1. The molecule has 1 fully saturated rings. The van der Waals surface area contributed by atoms with E-state index in [1.165, 1.54) is 10.4 Å². The number of amides is 1. The molecule has 1 amide bonds. The molecule has 2 aliphatic heterocycles. The highest BCUT2D eigenvalue weighted by molar-refractivity contribution is 7.89. The summed E-state index contributed by atoms with van der Waals surface area (Å²) < 4.78 is 41.2. The van der Waals surface area contributed by atoms with Gasteiger partial charge in [-0.15, -0.1) is 0 Å². The first-order valence-corrected chi connectivity index (χ1v) is 16.7. The van der Waals surface area contributed by atoms with Crippen LogP contribution >= 0.6 is 0 Å². The molecule has 0 radical (unpaired) electrons. The number of nitrogens with zero attached hydrogens (tertiary/aromatic N) is 3. The fraction of sp³-hybridized carbons (Fsp3) is 0.412. The van der Waals surface area contributed by atoms with Crippen LogP contribution in [0.1, 0.15) is 43.9 Å². The third kappa shape index (κ3) is 7.96. The first-order valence-electron chi connectivity index (χ1n) is 15.3. The minimum atomic E-state index is -3.94. The lowest BCUT2D eigenvalue weighted by atomic mass is 10.0. The number of carboxylic acids is 1. The number of hydrogen-bond acceptors (Lipinski definition) is 7. The van der Waals surface area contributed by atoms with Gasteiger partial charge < -0.3 is 24.4 Å². The zero-order chi connectivity index (χ0) is 32.2. The molecule has 2 aliphatic rings. The summed E-state index contributed by atoms with van der Waals surface area (Å²) in [6.07, 6.45) is -0.0477. The average molecular weight is 636 g/mol. The number of fused-ring (bicyclic) bond motifs is 1. The van der Waals surface area contributed by atoms with Crippen molar-refractivity contribution >= 4 is 27.8 Å². The summed E-state index contributed by atoms with van der Waals surface area (Å²) in [7, 11) is -3.94. The van der Waals surface area contributed by atoms with Crippen LogP contribution in [-0.4, -0.2) is 79.2 Å². The maximum atomic E-state index is 14.3. The number of para-hydroxylation sites is 1. The van der Waals surface area contributed by atoms with Crippen LogP contribution in [0.4, 0.5) is 10.5 Å². The molecular formula is C34H41N3O7S. The van der Waals surface area contributed by atoms with Gasteiger partial charge in [0.25, 0.3) is 0 Å². The lowest BCUT2D eigenvalue weighted by Crippen LogP contribution is -2.50. The predicted octanol–water partition coefficient (Wildman–Crippen LogP) is 4.96. The third-order valence-electron chi connectivity index (χ3n) is 7.99. The van der Waals surface area contributed by atoms with E-state index in [1.807, 2.05) is 75.4 Å². The first kappa shape index (κ1) is 32.3. The van der Waals surface area contributed by atoms with E-state index < -0.39 is 27.7 Å². The normalized spacial score (nSPS) is 17.0. The number of carbonyl (C=O) groups excluding carboxylic acids is 1. The van der Waals surface area contributed by atoms with E-state index in [4.69, 9.17) is 9.47 Å². The number of aryl methyl sites for hydroxylation is 1. The van der Waals surface area contributed by atoms with Gasteiger partial charge in [-0.3, -0.25) is 0 Å². The Kier molecular flexibility index (Phi) is 9.69. The van der Waals surface area contributed by atoms with Crippen molar-refractivity contribution in [2.75, 3.05) is 37.6 Å². The summed E-state index contributed by atoms with van der Waals surface area (Å²) in [6, 6.07) is 22.2. The van der Waals surface area contributed by atoms with Crippen LogP contribution in [0.15, 0.2) is 77.7 Å². The number of carbonyl (C=O) groups is 2. The fourth-order valence-electron chi connectivity index (χ4n) is 5.63. The molecule has 1 unspecified atom stereocenters. The summed E-state index contributed by atoms with van der Waals surface area (Å²) >= 11 is 0. The largest absolute Gasteiger partial charge is 0.479 e. The van der Waals surface area contributed by atoms with Gasteiger partial charge in [0.15, 0.2) is 6.10 Å². The Balaban J connectivity index is 1.38. The second-order valence-electron chi connectivity index (χ2n) is 12.4. The molecule has 0 aliphatic carbocycles. The Morgan fingerprint density at radius 1 is 0.978 bits per heavy atom. The molecule has 1 N–H and O–H groups in total. The third-order valence-corrected chi connectivity index (χ3v) is 9.83. The lowest BCUT2D eigenvalue weighted by molar-refractivity contribution is -0.145. The van der Waals surface area contributed by atoms with E-state index in [1.54, 1.807) is 17.0 Å². The predicted molar refractivity (Wildman–Crippen MR) is 171 cm³/mol. The van der Waals surface area contributed by atoms with Crippen LogP contribution in [-0.2, 0) is 38.9 Å². The van der Waals surface area contributed by atoms with Crippen molar-refractivity contribution in [3.05, 3.63) is 89.5 Å². The quantitative estimate of drug-likeness (QED) is 0.351. The van der Waals surface area contributed by atoms with E-state index in [0.717, 1.165) is 16.8 Å². The summed E-state index contributed by atoms with van der Waals surface area (Å²) in [5.41, 5.74) is 2.94. The molecule has 240 valence electrons. The monoisotopic (exact) mass is 635 g/mol. The van der Waals surface area contributed by atoms with Crippen molar-refractivity contribution in [2.45, 2.75) is 63.2 Å². The highest BCUT2D eigenvalue weighted by Crippen LogP contribution is 2.32. The molecule has 45 heavy (non-hydrogen) atoms. The molecule has 3 aromatic rings. The van der Waals surface area contributed by atoms with Crippen molar-refractivity contribution < 1.29 is 32.6 Å². The number of carboxylic acid groups (broad SMARTS) is 1. The van der Waals surface area contributed by atoms with Gasteiger partial charge in [-0.2, -0.15) is 4.31 Å². The molecule has 0 bridgehead atoms. The van der Waals surface area contributed by atoms with Gasteiger partial charge >= 0.3 is 12.1 Å². The van der Waals surface area contributed by atoms with Gasteiger partial charge in [-0.25, -0.2) is 18.0 Å². The van der Waals surface area contributed by atoms with E-state index in [2.05, 4.69) is 4.90 Å². The maximum absolute atomic E-state index is 14.3. The smallest absolute Gasteiger partial charge is 0.410 e. The number of piperazine rings is 1. The molecule has 10 nitrogen and oxygen atoms in total. The molecule has 5 rings (SSSR count). The van der Waals surface area contributed by atoms with Crippen LogP contribution in [0, 0.1) is 0 Å². The minimum Gasteiger partial charge on any atom is -0.479 e. The van der Waals surface area contributed by atoms with Crippen LogP contribution in [0.2, 0.25) is 0 Å². The molecule has 3 aromatic carbocycles. The maximum Gasteiger partial charge on any atom is 0.410 e. The summed E-state index contributed by atoms with van der Waals surface area (Å²) in [6.45, 7) is 8.15. The number of rotatable bonds is 9. The Morgan fingerprint density at radius 2 is 1.67 bits per heavy atom. The zero-order valence-electron chi connectivity index (χ0n) is 26.0. The van der Waals surface area contributed by atoms with Crippen LogP contribution in [0.25, 0.3) is 0 Å². The fourth-order valence-corrected chi connectivity index (χ4v) is 7.10. The van der Waals surface area contributed by atoms with Gasteiger partial charge in [0, 0.05) is 45.0 Å². The van der Waals surface area contributed by atoms with Gasteiger partial charge in [0.1, 0.15) is 11.4 Å². The van der Waals surface area contributed by atoms with E-state index in [-0.39, 0.29) is 30.5 Å². The standard InChI is InChI=1S/C34H41N3O7S/c1-34(2,3)44-33(40)36-21-19-35(20-22-36)29-12-8-7-11-27(29)24-37(18-17-25-9-5-4-6-10-25)45(41,42)28-14-16-30-26(23-28)13-15-31(43-30)32(38)39/h4-12,14,16,23,31H,13,15,17-22,24H2,1-3H3,(H,38,39). The van der Waals surface area contributed by atoms with E-state index in [9.17, 15) is 23.1 Å². The van der Waals surface area contributed by atoms with Crippen LogP contribution in [0.3, 0.4) is 0 Å². The Hall–Kier alpha value is -4.09. The number of ether oxygens (including phenoxy) is 2. The van der Waals surface area contributed by atoms with Crippen LogP contribution < -0.4 is 9.64 Å². The molecule has 0 saturated carbocycles. The lowest BCUT2D eigenvalue weighted by Gasteiger charge is -2.38. The van der Waals surface area contributed by atoms with Crippen molar-refractivity contribution in [2.24, 2.45) is 0 Å². The summed E-state index contributed by atoms with van der Waals surface area (Å²) in [5.74, 6) is -0.631. The van der Waals surface area contributed by atoms with Gasteiger partial charge in [0.2, 0.25) is 10.0 Å². The topological polar surface area (TPSA) is 117 Å². The summed E-state index contributed by atoms with van der Waals surface area (Å²) in [5, 5.41) is 9.35. The number of sulfonamides is 1. The van der Waals surface area contributed by atoms with E-state index >= 15 is 0 Å². The summed E-state index contributed by atoms with van der Waals surface area (Å²) in [4.78, 5) is 28.1. The van der Waals surface area contributed by atoms with Gasteiger partial charge in [-0.05, 0) is 81.0 Å². The van der Waals surface area contributed by atoms with E-state index in [0.29, 0.717) is 50.3 Å². The number of aliphatic carboxylic acids is 1. The average Bonchev–Trinajstić information content (AvgIpc) is 3.02. The second kappa shape index (κ2) is 13.5. The number of anilines is 1. The Labute approximate surface area is 265 Å². The molecular weight excluding hydrogens is 594 g/mol. The Morgan fingerprint density at radius 3 is 2.36 bits per heavy atom. The van der Waals surface area contributed by atoms with Gasteiger partial charge in [0.05, 0.1) is 4.90 Å². The van der Waals surface area contributed by atoms with Crippen molar-refractivity contribution in [3.8, 4) is 5.75 Å².